The van der Waals surface area contributed by atoms with Crippen LogP contribution in [0.25, 0.3) is 5.70 Å². The molecule has 8 nitrogen and oxygen atoms in total. The number of aliphatic hydroxyl groups is 1. The first-order valence-corrected chi connectivity index (χ1v) is 11.2. The van der Waals surface area contributed by atoms with Crippen LogP contribution in [0.1, 0.15) is 11.1 Å². The Balaban J connectivity index is 1.91. The second-order valence-corrected chi connectivity index (χ2v) is 8.70. The number of hydrogen-bond donors (Lipinski definition) is 1. The van der Waals surface area contributed by atoms with Crippen LogP contribution in [0.5, 0.6) is 17.2 Å². The summed E-state index contributed by atoms with van der Waals surface area (Å²) in [5.41, 5.74) is 0.550. The number of benzene rings is 2. The minimum absolute atomic E-state index is 0.0988. The van der Waals surface area contributed by atoms with E-state index in [9.17, 15) is 14.7 Å². The highest BCUT2D eigenvalue weighted by atomic mass is 79.9. The molecule has 0 aromatic heterocycles. The molecule has 0 amide bonds. The molecule has 0 saturated heterocycles. The van der Waals surface area contributed by atoms with Gasteiger partial charge in [-0.1, -0.05) is 28.1 Å². The Morgan fingerprint density at radius 1 is 1.18 bits per heavy atom. The molecule has 0 radical (unpaired) electrons. The molecule has 2 aromatic rings. The fourth-order valence-electron chi connectivity index (χ4n) is 4.35. The quantitative estimate of drug-likeness (QED) is 0.570. The number of carbonyl (C=O) groups excluding carboxylic acids is 2. The summed E-state index contributed by atoms with van der Waals surface area (Å²) in [5.74, 6) is 0.707. The van der Waals surface area contributed by atoms with E-state index in [0.717, 1.165) is 4.47 Å². The van der Waals surface area contributed by atoms with Gasteiger partial charge in [-0.15, -0.1) is 0 Å². The first-order valence-electron chi connectivity index (χ1n) is 10.5. The van der Waals surface area contributed by atoms with E-state index in [0.29, 0.717) is 39.6 Å². The second kappa shape index (κ2) is 9.52. The molecule has 2 aromatic carbocycles. The highest BCUT2D eigenvalue weighted by Gasteiger charge is 2.48. The van der Waals surface area contributed by atoms with E-state index >= 15 is 0 Å². The van der Waals surface area contributed by atoms with Gasteiger partial charge in [0.1, 0.15) is 24.0 Å². The van der Waals surface area contributed by atoms with Crippen molar-refractivity contribution >= 4 is 33.4 Å². The molecule has 1 unspecified atom stereocenters. The van der Waals surface area contributed by atoms with Crippen molar-refractivity contribution in [2.24, 2.45) is 0 Å². The molecule has 2 aliphatic heterocycles. The zero-order chi connectivity index (χ0) is 24.5. The Kier molecular flexibility index (Phi) is 6.67. The number of methoxy groups -OCH3 is 3. The average Bonchev–Trinajstić information content (AvgIpc) is 2.99. The number of rotatable bonds is 6. The van der Waals surface area contributed by atoms with Crippen LogP contribution < -0.4 is 14.2 Å². The van der Waals surface area contributed by atoms with Gasteiger partial charge in [-0.2, -0.15) is 0 Å². The first-order chi connectivity index (χ1) is 16.4. The highest BCUT2D eigenvalue weighted by Crippen LogP contribution is 2.44. The topological polar surface area (TPSA) is 94.5 Å². The third-order valence-corrected chi connectivity index (χ3v) is 6.52. The van der Waals surface area contributed by atoms with Crippen LogP contribution in [-0.4, -0.2) is 62.0 Å². The van der Waals surface area contributed by atoms with E-state index in [2.05, 4.69) is 15.9 Å². The van der Waals surface area contributed by atoms with Crippen molar-refractivity contribution < 1.29 is 33.6 Å². The normalized spacial score (nSPS) is 19.1. The van der Waals surface area contributed by atoms with Crippen molar-refractivity contribution in [3.63, 3.8) is 0 Å². The predicted molar refractivity (Wildman–Crippen MR) is 128 cm³/mol. The number of hydrogen-bond acceptors (Lipinski definition) is 8. The first kappa shape index (κ1) is 23.8. The van der Waals surface area contributed by atoms with Gasteiger partial charge in [-0.25, -0.2) is 4.79 Å². The smallest absolute Gasteiger partial charge is 0.336 e. The molecular weight excluding hydrogens is 506 g/mol. The number of fused-ring (bicyclic) bond motifs is 2. The van der Waals surface area contributed by atoms with E-state index in [-0.39, 0.29) is 18.8 Å². The van der Waals surface area contributed by atoms with E-state index < -0.39 is 18.2 Å². The Labute approximate surface area is 205 Å². The van der Waals surface area contributed by atoms with Gasteiger partial charge in [0.05, 0.1) is 27.0 Å². The molecule has 9 heteroatoms. The molecule has 1 atom stereocenters. The molecule has 34 heavy (non-hydrogen) atoms. The number of ether oxygens (including phenoxy) is 4. The van der Waals surface area contributed by atoms with Gasteiger partial charge in [0.25, 0.3) is 0 Å². The minimum Gasteiger partial charge on any atom is -0.497 e. The van der Waals surface area contributed by atoms with Crippen molar-refractivity contribution in [3.8, 4) is 17.2 Å². The Morgan fingerprint density at radius 2 is 1.97 bits per heavy atom. The van der Waals surface area contributed by atoms with Gasteiger partial charge in [0, 0.05) is 28.1 Å². The minimum atomic E-state index is -1.46. The number of allylic oxidation sites excluding steroid dienone is 1. The molecule has 0 spiro atoms. The highest BCUT2D eigenvalue weighted by molar-refractivity contribution is 9.10. The van der Waals surface area contributed by atoms with Crippen molar-refractivity contribution in [1.29, 1.82) is 0 Å². The summed E-state index contributed by atoms with van der Waals surface area (Å²) in [5, 5.41) is 10.6. The lowest BCUT2D eigenvalue weighted by molar-refractivity contribution is -0.152. The van der Waals surface area contributed by atoms with Crippen LogP contribution in [-0.2, 0) is 20.7 Å². The van der Waals surface area contributed by atoms with E-state index in [4.69, 9.17) is 18.9 Å². The average molecular weight is 530 g/mol. The molecule has 2 heterocycles. The summed E-state index contributed by atoms with van der Waals surface area (Å²) in [6, 6.07) is 10.6. The summed E-state index contributed by atoms with van der Waals surface area (Å²) >= 11 is 3.42. The number of Topliss-reactive ketones (excluding diaryl/α,β-unsaturated/α-hetero) is 1. The number of esters is 1. The maximum Gasteiger partial charge on any atom is 0.336 e. The zero-order valence-corrected chi connectivity index (χ0v) is 20.5. The Hall–Kier alpha value is -3.30. The van der Waals surface area contributed by atoms with Crippen LogP contribution in [0.3, 0.4) is 0 Å². The monoisotopic (exact) mass is 529 g/mol. The lowest BCUT2D eigenvalue weighted by atomic mass is 9.82. The second-order valence-electron chi connectivity index (χ2n) is 7.79. The van der Waals surface area contributed by atoms with Gasteiger partial charge >= 0.3 is 5.97 Å². The fourth-order valence-corrected chi connectivity index (χ4v) is 4.69. The third-order valence-electron chi connectivity index (χ3n) is 6.02. The molecule has 4 rings (SSSR count). The summed E-state index contributed by atoms with van der Waals surface area (Å²) in [4.78, 5) is 27.8. The molecule has 0 aliphatic carbocycles. The van der Waals surface area contributed by atoms with E-state index in [1.54, 1.807) is 49.6 Å². The largest absolute Gasteiger partial charge is 0.497 e. The van der Waals surface area contributed by atoms with Crippen molar-refractivity contribution in [2.75, 3.05) is 34.7 Å². The van der Waals surface area contributed by atoms with Crippen LogP contribution in [0.15, 0.2) is 58.6 Å². The van der Waals surface area contributed by atoms with Crippen LogP contribution in [0.2, 0.25) is 0 Å². The van der Waals surface area contributed by atoms with Gasteiger partial charge in [-0.05, 0) is 35.9 Å². The number of ketones is 1. The van der Waals surface area contributed by atoms with E-state index in [1.165, 1.54) is 19.1 Å². The number of carbonyl (C=O) groups is 2. The zero-order valence-electron chi connectivity index (χ0n) is 19.0. The Morgan fingerprint density at radius 3 is 2.65 bits per heavy atom. The SMILES string of the molecule is COC(=O)C1(Cc2ccc(OC)cc2OC)C=CC2=C(c3ccc(Br)cc3OCC2=O)N1CO. The van der Waals surface area contributed by atoms with Gasteiger partial charge < -0.3 is 29.0 Å². The molecule has 1 N–H and O–H groups in total. The number of aliphatic hydroxyl groups excluding tert-OH is 1. The third kappa shape index (κ3) is 3.95. The van der Waals surface area contributed by atoms with Crippen LogP contribution in [0, 0.1) is 0 Å². The predicted octanol–water partition coefficient (Wildman–Crippen LogP) is 3.12. The molecule has 0 fully saturated rings. The maximum atomic E-state index is 13.4. The van der Waals surface area contributed by atoms with Crippen molar-refractivity contribution in [3.05, 3.63) is 69.7 Å². The fraction of sp³-hybridized carbons (Fsp3) is 0.280. The molecular formula is C25H24BrNO7. The Bertz CT molecular complexity index is 1210. The number of halogens is 1. The molecule has 0 bridgehead atoms. The summed E-state index contributed by atoms with van der Waals surface area (Å²) in [6.45, 7) is -0.719. The lowest BCUT2D eigenvalue weighted by Gasteiger charge is -2.44. The molecule has 2 aliphatic rings. The lowest BCUT2D eigenvalue weighted by Crippen LogP contribution is -2.56. The molecule has 178 valence electrons. The van der Waals surface area contributed by atoms with Gasteiger partial charge in [0.2, 0.25) is 5.78 Å². The van der Waals surface area contributed by atoms with Crippen molar-refractivity contribution in [2.45, 2.75) is 12.0 Å². The maximum absolute atomic E-state index is 13.4. The van der Waals surface area contributed by atoms with Gasteiger partial charge in [-0.3, -0.25) is 4.79 Å². The number of nitrogens with zero attached hydrogens (tertiary/aromatic N) is 1. The van der Waals surface area contributed by atoms with Gasteiger partial charge in [0.15, 0.2) is 12.1 Å². The van der Waals surface area contributed by atoms with Crippen LogP contribution >= 0.6 is 15.9 Å². The summed E-state index contributed by atoms with van der Waals surface area (Å²) < 4.78 is 22.5. The standard InChI is InChI=1S/C25H24BrNO7/c1-31-17-6-4-15(21(11-17)32-2)12-25(24(30)33-3)9-8-18-20(29)13-34-22-10-16(26)5-7-19(22)23(18)27(25)14-28/h4-11,28H,12-14H2,1-3H3. The molecule has 0 saturated carbocycles. The summed E-state index contributed by atoms with van der Waals surface area (Å²) in [6.07, 6.45) is 3.30. The van der Waals surface area contributed by atoms with E-state index in [1.807, 2.05) is 6.07 Å². The summed E-state index contributed by atoms with van der Waals surface area (Å²) in [7, 11) is 4.37. The van der Waals surface area contributed by atoms with Crippen molar-refractivity contribution in [1.82, 2.24) is 4.90 Å². The van der Waals surface area contributed by atoms with Crippen LogP contribution in [0.4, 0.5) is 0 Å².